The van der Waals surface area contributed by atoms with Crippen molar-refractivity contribution < 1.29 is 9.59 Å². The maximum Gasteiger partial charge on any atom is 0.239 e. The fourth-order valence-electron chi connectivity index (χ4n) is 5.38. The largest absolute Gasteiger partial charge is 0.341 e. The molecular weight excluding hydrogens is 314 g/mol. The number of likely N-dealkylation sites (N-methyl/N-ethyl adjacent to an activating group) is 1. The highest BCUT2D eigenvalue weighted by molar-refractivity contribution is 5.81. The van der Waals surface area contributed by atoms with Crippen LogP contribution in [0.5, 0.6) is 0 Å². The summed E-state index contributed by atoms with van der Waals surface area (Å²) in [5, 5.41) is 0. The highest BCUT2D eigenvalue weighted by atomic mass is 16.2. The number of amides is 2. The van der Waals surface area contributed by atoms with E-state index in [1.807, 2.05) is 16.8 Å². The van der Waals surface area contributed by atoms with Crippen LogP contribution in [-0.4, -0.2) is 70.8 Å². The Hall–Kier alpha value is -1.10. The van der Waals surface area contributed by atoms with Crippen molar-refractivity contribution in [1.29, 1.82) is 0 Å². The summed E-state index contributed by atoms with van der Waals surface area (Å²) < 4.78 is 0. The number of likely N-dealkylation sites (tertiary alicyclic amines) is 2. The summed E-state index contributed by atoms with van der Waals surface area (Å²) in [6.07, 6.45) is 10.5. The van der Waals surface area contributed by atoms with E-state index in [1.165, 1.54) is 19.3 Å². The summed E-state index contributed by atoms with van der Waals surface area (Å²) in [6.45, 7) is 5.63. The van der Waals surface area contributed by atoms with Gasteiger partial charge in [0.1, 0.15) is 0 Å². The van der Waals surface area contributed by atoms with Crippen molar-refractivity contribution >= 4 is 11.8 Å². The molecule has 3 atom stereocenters. The minimum Gasteiger partial charge on any atom is -0.341 e. The molecule has 25 heavy (non-hydrogen) atoms. The molecule has 0 aromatic carbocycles. The molecule has 0 aromatic rings. The molecule has 142 valence electrons. The van der Waals surface area contributed by atoms with Crippen LogP contribution < -0.4 is 0 Å². The Morgan fingerprint density at radius 3 is 2.24 bits per heavy atom. The van der Waals surface area contributed by atoms with Crippen molar-refractivity contribution in [3.05, 3.63) is 0 Å². The van der Waals surface area contributed by atoms with Crippen LogP contribution in [0, 0.1) is 0 Å². The first-order valence-electron chi connectivity index (χ1n) is 10.3. The van der Waals surface area contributed by atoms with Gasteiger partial charge < -0.3 is 9.80 Å². The van der Waals surface area contributed by atoms with Crippen molar-refractivity contribution in [1.82, 2.24) is 14.7 Å². The molecule has 0 spiro atoms. The molecule has 5 nitrogen and oxygen atoms in total. The fourth-order valence-corrected chi connectivity index (χ4v) is 5.38. The molecule has 5 heteroatoms. The molecule has 2 aliphatic heterocycles. The smallest absolute Gasteiger partial charge is 0.239 e. The van der Waals surface area contributed by atoms with E-state index in [0.717, 1.165) is 51.6 Å². The van der Waals surface area contributed by atoms with Crippen LogP contribution >= 0.6 is 0 Å². The Labute approximate surface area is 152 Å². The molecule has 3 fully saturated rings. The molecule has 0 radical (unpaired) electrons. The second-order valence-corrected chi connectivity index (χ2v) is 8.29. The minimum absolute atomic E-state index is 0.0752. The van der Waals surface area contributed by atoms with Crippen molar-refractivity contribution in [2.75, 3.05) is 20.1 Å². The minimum atomic E-state index is -0.0752. The first-order valence-corrected chi connectivity index (χ1v) is 10.3. The Bertz CT molecular complexity index is 489. The Balaban J connectivity index is 1.66. The molecule has 0 N–H and O–H groups in total. The molecule has 3 rings (SSSR count). The lowest BCUT2D eigenvalue weighted by Gasteiger charge is -2.40. The average Bonchev–Trinajstić information content (AvgIpc) is 3.29. The van der Waals surface area contributed by atoms with E-state index >= 15 is 0 Å². The standard InChI is InChI=1S/C20H35N3O2/c1-15(20(25)21(3)17-9-5-4-6-10-17)22-13-7-11-18(22)19-12-8-14-23(19)16(2)24/h15,17-19H,4-14H2,1-3H3/t15-,18+,19+/m0/s1. The van der Waals surface area contributed by atoms with Crippen LogP contribution in [-0.2, 0) is 9.59 Å². The quantitative estimate of drug-likeness (QED) is 0.784. The van der Waals surface area contributed by atoms with E-state index in [0.29, 0.717) is 18.1 Å². The van der Waals surface area contributed by atoms with Gasteiger partial charge in [0.25, 0.3) is 0 Å². The van der Waals surface area contributed by atoms with Crippen LogP contribution in [0.1, 0.15) is 71.6 Å². The highest BCUT2D eigenvalue weighted by Gasteiger charge is 2.42. The lowest BCUT2D eigenvalue weighted by molar-refractivity contribution is -0.139. The van der Waals surface area contributed by atoms with Gasteiger partial charge in [-0.05, 0) is 52.0 Å². The summed E-state index contributed by atoms with van der Waals surface area (Å²) >= 11 is 0. The maximum absolute atomic E-state index is 13.1. The Morgan fingerprint density at radius 2 is 1.56 bits per heavy atom. The molecule has 3 aliphatic rings. The van der Waals surface area contributed by atoms with Crippen LogP contribution in [0.4, 0.5) is 0 Å². The van der Waals surface area contributed by atoms with E-state index in [-0.39, 0.29) is 17.9 Å². The molecular formula is C20H35N3O2. The molecule has 0 aromatic heterocycles. The zero-order valence-electron chi connectivity index (χ0n) is 16.2. The predicted octanol–water partition coefficient (Wildman–Crippen LogP) is 2.64. The summed E-state index contributed by atoms with van der Waals surface area (Å²) in [4.78, 5) is 31.5. The lowest BCUT2D eigenvalue weighted by Crippen LogP contribution is -2.55. The van der Waals surface area contributed by atoms with E-state index in [1.54, 1.807) is 6.92 Å². The van der Waals surface area contributed by atoms with Gasteiger partial charge in [0, 0.05) is 38.6 Å². The summed E-state index contributed by atoms with van der Waals surface area (Å²) in [5.41, 5.74) is 0. The third kappa shape index (κ3) is 3.86. The van der Waals surface area contributed by atoms with Gasteiger partial charge in [-0.1, -0.05) is 19.3 Å². The number of nitrogens with zero attached hydrogens (tertiary/aromatic N) is 3. The lowest BCUT2D eigenvalue weighted by atomic mass is 9.94. The number of carbonyl (C=O) groups is 2. The summed E-state index contributed by atoms with van der Waals surface area (Å²) in [7, 11) is 2.00. The van der Waals surface area contributed by atoms with E-state index in [4.69, 9.17) is 0 Å². The van der Waals surface area contributed by atoms with Crippen LogP contribution in [0.25, 0.3) is 0 Å². The first kappa shape index (κ1) is 18.7. The predicted molar refractivity (Wildman–Crippen MR) is 99.2 cm³/mol. The molecule has 2 heterocycles. The highest BCUT2D eigenvalue weighted by Crippen LogP contribution is 2.32. The second kappa shape index (κ2) is 8.07. The molecule has 1 saturated carbocycles. The van der Waals surface area contributed by atoms with Gasteiger partial charge >= 0.3 is 0 Å². The van der Waals surface area contributed by atoms with E-state index in [9.17, 15) is 9.59 Å². The van der Waals surface area contributed by atoms with Crippen molar-refractivity contribution in [2.45, 2.75) is 95.8 Å². The molecule has 0 bridgehead atoms. The summed E-state index contributed by atoms with van der Waals surface area (Å²) in [5.74, 6) is 0.457. The monoisotopic (exact) mass is 349 g/mol. The topological polar surface area (TPSA) is 43.9 Å². The van der Waals surface area contributed by atoms with Gasteiger partial charge in [0.15, 0.2) is 0 Å². The second-order valence-electron chi connectivity index (χ2n) is 8.29. The first-order chi connectivity index (χ1) is 12.0. The van der Waals surface area contributed by atoms with E-state index in [2.05, 4.69) is 11.8 Å². The average molecular weight is 350 g/mol. The normalized spacial score (nSPS) is 29.8. The number of rotatable bonds is 4. The molecule has 2 saturated heterocycles. The van der Waals surface area contributed by atoms with Gasteiger partial charge in [-0.2, -0.15) is 0 Å². The third-order valence-electron chi connectivity index (χ3n) is 6.81. The third-order valence-corrected chi connectivity index (χ3v) is 6.81. The van der Waals surface area contributed by atoms with Gasteiger partial charge in [-0.25, -0.2) is 0 Å². The van der Waals surface area contributed by atoms with Gasteiger partial charge in [0.2, 0.25) is 11.8 Å². The number of carbonyl (C=O) groups excluding carboxylic acids is 2. The molecule has 2 amide bonds. The van der Waals surface area contributed by atoms with Crippen LogP contribution in [0.3, 0.4) is 0 Å². The van der Waals surface area contributed by atoms with E-state index < -0.39 is 0 Å². The summed E-state index contributed by atoms with van der Waals surface area (Å²) in [6, 6.07) is 0.999. The SMILES string of the molecule is CC(=O)N1CCC[C@@H]1[C@H]1CCCN1[C@@H](C)C(=O)N(C)C1CCCCC1. The Kier molecular flexibility index (Phi) is 6.03. The number of hydrogen-bond donors (Lipinski definition) is 0. The zero-order chi connectivity index (χ0) is 18.0. The number of hydrogen-bond acceptors (Lipinski definition) is 3. The van der Waals surface area contributed by atoms with Gasteiger partial charge in [-0.15, -0.1) is 0 Å². The van der Waals surface area contributed by atoms with Crippen LogP contribution in [0.15, 0.2) is 0 Å². The maximum atomic E-state index is 13.1. The van der Waals surface area contributed by atoms with Gasteiger partial charge in [-0.3, -0.25) is 14.5 Å². The molecule has 1 aliphatic carbocycles. The zero-order valence-corrected chi connectivity index (χ0v) is 16.2. The van der Waals surface area contributed by atoms with Gasteiger partial charge in [0.05, 0.1) is 6.04 Å². The van der Waals surface area contributed by atoms with Crippen molar-refractivity contribution in [3.63, 3.8) is 0 Å². The fraction of sp³-hybridized carbons (Fsp3) is 0.900. The Morgan fingerprint density at radius 1 is 0.920 bits per heavy atom. The van der Waals surface area contributed by atoms with Crippen LogP contribution in [0.2, 0.25) is 0 Å². The van der Waals surface area contributed by atoms with Crippen molar-refractivity contribution in [3.8, 4) is 0 Å². The molecule has 0 unspecified atom stereocenters. The van der Waals surface area contributed by atoms with Crippen molar-refractivity contribution in [2.24, 2.45) is 0 Å².